The standard InChI is InChI=1S/C14H10N2O4/c1-8-5-6-12(20-8)14(17)10-7-15-13-9(10)3-2-4-11(13)16(18)19/h2-7,15H,1H3. The van der Waals surface area contributed by atoms with Crippen LogP contribution in [0.25, 0.3) is 10.9 Å². The number of nitro groups is 1. The lowest BCUT2D eigenvalue weighted by Gasteiger charge is -1.96. The van der Waals surface area contributed by atoms with Crippen LogP contribution in [0.2, 0.25) is 0 Å². The molecule has 1 N–H and O–H groups in total. The molecule has 20 heavy (non-hydrogen) atoms. The number of ketones is 1. The number of aromatic nitrogens is 1. The molecule has 6 nitrogen and oxygen atoms in total. The number of para-hydroxylation sites is 1. The quantitative estimate of drug-likeness (QED) is 0.449. The Bertz CT molecular complexity index is 829. The van der Waals surface area contributed by atoms with Gasteiger partial charge in [0, 0.05) is 17.6 Å². The molecule has 6 heteroatoms. The summed E-state index contributed by atoms with van der Waals surface area (Å²) in [7, 11) is 0. The summed E-state index contributed by atoms with van der Waals surface area (Å²) < 4.78 is 5.30. The second-order valence-electron chi connectivity index (χ2n) is 4.40. The molecule has 2 heterocycles. The van der Waals surface area contributed by atoms with E-state index in [0.717, 1.165) is 0 Å². The number of aromatic amines is 1. The van der Waals surface area contributed by atoms with Crippen molar-refractivity contribution in [1.82, 2.24) is 4.98 Å². The summed E-state index contributed by atoms with van der Waals surface area (Å²) in [6.45, 7) is 1.75. The molecule has 0 saturated carbocycles. The Kier molecular flexibility index (Phi) is 2.64. The number of nitrogens with one attached hydrogen (secondary N) is 1. The van der Waals surface area contributed by atoms with Gasteiger partial charge in [0.05, 0.1) is 10.5 Å². The highest BCUT2D eigenvalue weighted by atomic mass is 16.6. The van der Waals surface area contributed by atoms with Crippen LogP contribution < -0.4 is 0 Å². The lowest BCUT2D eigenvalue weighted by Crippen LogP contribution is -1.98. The smallest absolute Gasteiger partial charge is 0.293 e. The first-order chi connectivity index (χ1) is 9.58. The third-order valence-corrected chi connectivity index (χ3v) is 3.10. The number of benzene rings is 1. The third-order valence-electron chi connectivity index (χ3n) is 3.10. The van der Waals surface area contributed by atoms with Gasteiger partial charge in [0.2, 0.25) is 5.78 Å². The van der Waals surface area contributed by atoms with Gasteiger partial charge < -0.3 is 9.40 Å². The van der Waals surface area contributed by atoms with Crippen LogP contribution in [0.5, 0.6) is 0 Å². The van der Waals surface area contributed by atoms with Crippen molar-refractivity contribution in [1.29, 1.82) is 0 Å². The zero-order chi connectivity index (χ0) is 14.3. The predicted octanol–water partition coefficient (Wildman–Crippen LogP) is 3.21. The molecule has 0 saturated heterocycles. The molecule has 0 aliphatic rings. The van der Waals surface area contributed by atoms with Gasteiger partial charge in [-0.2, -0.15) is 0 Å². The molecule has 0 aliphatic carbocycles. The number of furan rings is 1. The van der Waals surface area contributed by atoms with E-state index in [9.17, 15) is 14.9 Å². The van der Waals surface area contributed by atoms with Crippen molar-refractivity contribution in [2.24, 2.45) is 0 Å². The van der Waals surface area contributed by atoms with Gasteiger partial charge in [0.25, 0.3) is 5.69 Å². The SMILES string of the molecule is Cc1ccc(C(=O)c2c[nH]c3c([N+](=O)[O-])cccc23)o1. The van der Waals surface area contributed by atoms with Crippen LogP contribution in [0.1, 0.15) is 21.9 Å². The first-order valence-electron chi connectivity index (χ1n) is 5.93. The molecule has 2 aromatic heterocycles. The Labute approximate surface area is 113 Å². The van der Waals surface area contributed by atoms with Gasteiger partial charge in [-0.15, -0.1) is 0 Å². The van der Waals surface area contributed by atoms with E-state index < -0.39 is 4.92 Å². The van der Waals surface area contributed by atoms with E-state index >= 15 is 0 Å². The maximum atomic E-state index is 12.3. The fourth-order valence-electron chi connectivity index (χ4n) is 2.17. The maximum absolute atomic E-state index is 12.3. The molecule has 0 spiro atoms. The van der Waals surface area contributed by atoms with Gasteiger partial charge in [0.15, 0.2) is 5.76 Å². The van der Waals surface area contributed by atoms with E-state index in [0.29, 0.717) is 22.2 Å². The van der Waals surface area contributed by atoms with Crippen LogP contribution in [0, 0.1) is 17.0 Å². The van der Waals surface area contributed by atoms with Crippen LogP contribution in [0.3, 0.4) is 0 Å². The van der Waals surface area contributed by atoms with Gasteiger partial charge in [-0.1, -0.05) is 12.1 Å². The minimum Gasteiger partial charge on any atom is -0.458 e. The van der Waals surface area contributed by atoms with Crippen molar-refractivity contribution in [2.45, 2.75) is 6.92 Å². The lowest BCUT2D eigenvalue weighted by molar-refractivity contribution is -0.383. The molecule has 0 amide bonds. The maximum Gasteiger partial charge on any atom is 0.293 e. The van der Waals surface area contributed by atoms with Crippen LogP contribution >= 0.6 is 0 Å². The van der Waals surface area contributed by atoms with Crippen molar-refractivity contribution in [3.8, 4) is 0 Å². The second-order valence-corrected chi connectivity index (χ2v) is 4.40. The first kappa shape index (κ1) is 12.2. The highest BCUT2D eigenvalue weighted by molar-refractivity contribution is 6.16. The Hall–Kier alpha value is -2.89. The van der Waals surface area contributed by atoms with Crippen LogP contribution in [-0.4, -0.2) is 15.7 Å². The van der Waals surface area contributed by atoms with Gasteiger partial charge in [-0.05, 0) is 19.1 Å². The van der Waals surface area contributed by atoms with Gasteiger partial charge in [-0.25, -0.2) is 0 Å². The number of nitrogens with zero attached hydrogens (tertiary/aromatic N) is 1. The summed E-state index contributed by atoms with van der Waals surface area (Å²) >= 11 is 0. The number of non-ortho nitro benzene ring substituents is 1. The Morgan fingerprint density at radius 1 is 1.30 bits per heavy atom. The predicted molar refractivity (Wildman–Crippen MR) is 71.8 cm³/mol. The fraction of sp³-hybridized carbons (Fsp3) is 0.0714. The molecule has 0 bridgehead atoms. The van der Waals surface area contributed by atoms with Crippen LogP contribution in [0.15, 0.2) is 40.9 Å². The molecule has 3 aromatic rings. The van der Waals surface area contributed by atoms with Crippen molar-refractivity contribution in [3.63, 3.8) is 0 Å². The minimum atomic E-state index is -0.482. The third kappa shape index (κ3) is 1.78. The number of rotatable bonds is 3. The van der Waals surface area contributed by atoms with Gasteiger partial charge in [0.1, 0.15) is 11.3 Å². The molecule has 0 radical (unpaired) electrons. The molecule has 0 aliphatic heterocycles. The number of carbonyl (C=O) groups excluding carboxylic acids is 1. The van der Waals surface area contributed by atoms with Crippen molar-refractivity contribution in [2.75, 3.05) is 0 Å². The topological polar surface area (TPSA) is 89.1 Å². The molecule has 1 aromatic carbocycles. The summed E-state index contributed by atoms with van der Waals surface area (Å²) in [6.07, 6.45) is 1.47. The molecule has 3 rings (SSSR count). The van der Waals surface area contributed by atoms with E-state index in [1.54, 1.807) is 31.2 Å². The van der Waals surface area contributed by atoms with E-state index in [2.05, 4.69) is 4.98 Å². The van der Waals surface area contributed by atoms with Gasteiger partial charge in [-0.3, -0.25) is 14.9 Å². The summed E-state index contributed by atoms with van der Waals surface area (Å²) in [5.41, 5.74) is 0.638. The van der Waals surface area contributed by atoms with Crippen molar-refractivity contribution < 1.29 is 14.1 Å². The minimum absolute atomic E-state index is 0.0582. The highest BCUT2D eigenvalue weighted by Gasteiger charge is 2.21. The number of nitro benzene ring substituents is 1. The summed E-state index contributed by atoms with van der Waals surface area (Å²) in [5.74, 6) is 0.555. The number of H-pyrrole nitrogens is 1. The summed E-state index contributed by atoms with van der Waals surface area (Å²) in [5, 5.41) is 11.5. The Balaban J connectivity index is 2.16. The highest BCUT2D eigenvalue weighted by Crippen LogP contribution is 2.28. The Morgan fingerprint density at radius 2 is 2.10 bits per heavy atom. The van der Waals surface area contributed by atoms with Crippen LogP contribution in [-0.2, 0) is 0 Å². The Morgan fingerprint density at radius 3 is 2.75 bits per heavy atom. The molecule has 0 unspecified atom stereocenters. The molecule has 100 valence electrons. The average Bonchev–Trinajstić information content (AvgIpc) is 3.03. The van der Waals surface area contributed by atoms with E-state index in [4.69, 9.17) is 4.42 Å². The van der Waals surface area contributed by atoms with E-state index in [1.165, 1.54) is 12.3 Å². The summed E-state index contributed by atoms with van der Waals surface area (Å²) in [4.78, 5) is 25.6. The molecule has 0 atom stereocenters. The molecular weight excluding hydrogens is 260 g/mol. The van der Waals surface area contributed by atoms with Crippen LogP contribution in [0.4, 0.5) is 5.69 Å². The number of hydrogen-bond acceptors (Lipinski definition) is 4. The average molecular weight is 270 g/mol. The lowest BCUT2D eigenvalue weighted by atomic mass is 10.1. The summed E-state index contributed by atoms with van der Waals surface area (Å²) in [6, 6.07) is 7.91. The van der Waals surface area contributed by atoms with Crippen molar-refractivity contribution in [3.05, 3.63) is 63.7 Å². The van der Waals surface area contributed by atoms with E-state index in [-0.39, 0.29) is 17.2 Å². The monoisotopic (exact) mass is 270 g/mol. The zero-order valence-electron chi connectivity index (χ0n) is 10.5. The fourth-order valence-corrected chi connectivity index (χ4v) is 2.17. The number of carbonyl (C=O) groups is 1. The normalized spacial score (nSPS) is 10.8. The second kappa shape index (κ2) is 4.34. The van der Waals surface area contributed by atoms with E-state index in [1.807, 2.05) is 0 Å². The molecule has 0 fully saturated rings. The van der Waals surface area contributed by atoms with Gasteiger partial charge >= 0.3 is 0 Å². The largest absolute Gasteiger partial charge is 0.458 e. The molecular formula is C14H10N2O4. The number of hydrogen-bond donors (Lipinski definition) is 1. The number of aryl methyl sites for hydroxylation is 1. The van der Waals surface area contributed by atoms with Crippen molar-refractivity contribution >= 4 is 22.4 Å². The zero-order valence-corrected chi connectivity index (χ0v) is 10.5. The first-order valence-corrected chi connectivity index (χ1v) is 5.93. The number of fused-ring (bicyclic) bond motifs is 1.